The maximum Gasteiger partial charge on any atom is 0.321 e. The molecule has 0 aromatic rings. The van der Waals surface area contributed by atoms with Gasteiger partial charge in [0.2, 0.25) is 5.91 Å². The summed E-state index contributed by atoms with van der Waals surface area (Å²) in [5, 5.41) is 13.9. The number of carboxylic acid groups (broad SMARTS) is 1. The minimum absolute atomic E-state index is 0.0457. The van der Waals surface area contributed by atoms with Gasteiger partial charge in [0, 0.05) is 12.1 Å². The Kier molecular flexibility index (Phi) is 4.56. The molecule has 0 aromatic heterocycles. The molecule has 1 heterocycles. The lowest BCUT2D eigenvalue weighted by atomic mass is 10.0. The molecule has 2 atom stereocenters. The first-order valence-corrected chi connectivity index (χ1v) is 6.58. The van der Waals surface area contributed by atoms with Gasteiger partial charge in [0.15, 0.2) is 0 Å². The topological polar surface area (TPSA) is 108 Å². The lowest BCUT2D eigenvalue weighted by Crippen LogP contribution is -2.48. The van der Waals surface area contributed by atoms with Gasteiger partial charge in [-0.15, -0.1) is 0 Å². The smallest absolute Gasteiger partial charge is 0.321 e. The van der Waals surface area contributed by atoms with E-state index >= 15 is 0 Å². The molecule has 0 bridgehead atoms. The van der Waals surface area contributed by atoms with E-state index in [2.05, 4.69) is 10.6 Å². The normalized spacial score (nSPS) is 25.5. The van der Waals surface area contributed by atoms with Crippen molar-refractivity contribution < 1.29 is 24.2 Å². The minimum Gasteiger partial charge on any atom is -0.481 e. The van der Waals surface area contributed by atoms with Crippen molar-refractivity contribution in [2.45, 2.75) is 24.9 Å². The van der Waals surface area contributed by atoms with E-state index in [0.717, 1.165) is 12.8 Å². The van der Waals surface area contributed by atoms with Crippen molar-refractivity contribution in [3.8, 4) is 0 Å². The van der Waals surface area contributed by atoms with Crippen LogP contribution in [0.5, 0.6) is 0 Å². The van der Waals surface area contributed by atoms with Crippen LogP contribution in [0.15, 0.2) is 0 Å². The van der Waals surface area contributed by atoms with Gasteiger partial charge in [0.25, 0.3) is 0 Å². The zero-order valence-electron chi connectivity index (χ0n) is 11.3. The molecule has 1 aliphatic carbocycles. The van der Waals surface area contributed by atoms with E-state index in [4.69, 9.17) is 9.84 Å². The highest BCUT2D eigenvalue weighted by atomic mass is 16.5. The molecule has 112 valence electrons. The molecule has 0 spiro atoms. The van der Waals surface area contributed by atoms with Crippen molar-refractivity contribution in [2.75, 3.05) is 26.8 Å². The zero-order valence-corrected chi connectivity index (χ0v) is 11.3. The van der Waals surface area contributed by atoms with Crippen LogP contribution < -0.4 is 10.6 Å². The number of amides is 3. The Morgan fingerprint density at radius 3 is 2.60 bits per heavy atom. The van der Waals surface area contributed by atoms with Gasteiger partial charge in [-0.3, -0.25) is 19.8 Å². The maximum absolute atomic E-state index is 11.7. The Balaban J connectivity index is 1.77. The number of hydrogen-bond donors (Lipinski definition) is 3. The van der Waals surface area contributed by atoms with E-state index in [9.17, 15) is 14.4 Å². The summed E-state index contributed by atoms with van der Waals surface area (Å²) in [6.45, 7) is 0.374. The Bertz CT molecular complexity index is 410. The number of imide groups is 1. The van der Waals surface area contributed by atoms with Gasteiger partial charge in [0.1, 0.15) is 0 Å². The molecule has 0 radical (unpaired) electrons. The predicted octanol–water partition coefficient (Wildman–Crippen LogP) is -0.994. The number of nitrogens with one attached hydrogen (secondary N) is 2. The van der Waals surface area contributed by atoms with Gasteiger partial charge < -0.3 is 15.2 Å². The highest BCUT2D eigenvalue weighted by Gasteiger charge is 2.37. The van der Waals surface area contributed by atoms with E-state index in [0.29, 0.717) is 0 Å². The third-order valence-corrected chi connectivity index (χ3v) is 3.49. The maximum atomic E-state index is 11.7. The second-order valence-electron chi connectivity index (χ2n) is 5.26. The van der Waals surface area contributed by atoms with Crippen LogP contribution in [0.2, 0.25) is 0 Å². The molecular formula is C12H19N3O5. The first kappa shape index (κ1) is 14.7. The number of carbonyl (C=O) groups excluding carboxylic acids is 2. The molecule has 1 saturated carbocycles. The fourth-order valence-electron chi connectivity index (χ4n) is 2.17. The summed E-state index contributed by atoms with van der Waals surface area (Å²) in [6.07, 6.45) is 1.89. The van der Waals surface area contributed by atoms with Crippen molar-refractivity contribution in [1.29, 1.82) is 0 Å². The standard InChI is InChI=1S/C12H19N3O5/c1-15(9-6-20-5-8(9)11(17)18)4-10(16)14-12(19)13-7-2-3-7/h7-9H,2-6H2,1H3,(H,17,18)(H2,13,14,16,19). The number of hydrogen-bond acceptors (Lipinski definition) is 5. The lowest BCUT2D eigenvalue weighted by molar-refractivity contribution is -0.143. The Morgan fingerprint density at radius 1 is 1.30 bits per heavy atom. The van der Waals surface area contributed by atoms with Crippen molar-refractivity contribution in [2.24, 2.45) is 5.92 Å². The van der Waals surface area contributed by atoms with Crippen LogP contribution in [0.25, 0.3) is 0 Å². The highest BCUT2D eigenvalue weighted by molar-refractivity contribution is 5.95. The van der Waals surface area contributed by atoms with Gasteiger partial charge in [0.05, 0.1) is 25.7 Å². The van der Waals surface area contributed by atoms with Crippen molar-refractivity contribution >= 4 is 17.9 Å². The molecule has 20 heavy (non-hydrogen) atoms. The summed E-state index contributed by atoms with van der Waals surface area (Å²) in [6, 6.07) is -0.673. The van der Waals surface area contributed by atoms with Crippen LogP contribution in [-0.4, -0.2) is 66.8 Å². The van der Waals surface area contributed by atoms with Gasteiger partial charge in [-0.25, -0.2) is 4.79 Å². The molecule has 3 N–H and O–H groups in total. The molecule has 1 aliphatic heterocycles. The van der Waals surface area contributed by atoms with E-state index in [1.54, 1.807) is 11.9 Å². The second kappa shape index (κ2) is 6.19. The monoisotopic (exact) mass is 285 g/mol. The summed E-state index contributed by atoms with van der Waals surface area (Å²) >= 11 is 0. The molecule has 8 nitrogen and oxygen atoms in total. The van der Waals surface area contributed by atoms with Crippen LogP contribution in [-0.2, 0) is 14.3 Å². The van der Waals surface area contributed by atoms with Crippen molar-refractivity contribution in [3.05, 3.63) is 0 Å². The zero-order chi connectivity index (χ0) is 14.7. The first-order valence-electron chi connectivity index (χ1n) is 6.58. The SMILES string of the molecule is CN(CC(=O)NC(=O)NC1CC1)C1COCC1C(=O)O. The third kappa shape index (κ3) is 3.91. The van der Waals surface area contributed by atoms with Crippen LogP contribution in [0, 0.1) is 5.92 Å². The Labute approximate surface area is 116 Å². The number of rotatable bonds is 5. The summed E-state index contributed by atoms with van der Waals surface area (Å²) < 4.78 is 5.14. The van der Waals surface area contributed by atoms with Crippen molar-refractivity contribution in [1.82, 2.24) is 15.5 Å². The fraction of sp³-hybridized carbons (Fsp3) is 0.750. The van der Waals surface area contributed by atoms with E-state index < -0.39 is 23.8 Å². The third-order valence-electron chi connectivity index (χ3n) is 3.49. The summed E-state index contributed by atoms with van der Waals surface area (Å²) in [7, 11) is 1.65. The van der Waals surface area contributed by atoms with Crippen LogP contribution in [0.4, 0.5) is 4.79 Å². The Hall–Kier alpha value is -1.67. The average Bonchev–Trinajstić information content (AvgIpc) is 3.01. The molecular weight excluding hydrogens is 266 g/mol. The molecule has 3 amide bonds. The van der Waals surface area contributed by atoms with E-state index in [1.807, 2.05) is 0 Å². The molecule has 2 unspecified atom stereocenters. The van der Waals surface area contributed by atoms with Gasteiger partial charge in [-0.05, 0) is 19.9 Å². The fourth-order valence-corrected chi connectivity index (χ4v) is 2.17. The number of aliphatic carboxylic acids is 1. The molecule has 8 heteroatoms. The summed E-state index contributed by atoms with van der Waals surface area (Å²) in [5.74, 6) is -2.04. The van der Waals surface area contributed by atoms with Crippen LogP contribution >= 0.6 is 0 Å². The number of carboxylic acids is 1. The summed E-state index contributed by atoms with van der Waals surface area (Å²) in [4.78, 5) is 35.7. The minimum atomic E-state index is -0.939. The molecule has 1 saturated heterocycles. The molecule has 2 rings (SSSR count). The first-order chi connectivity index (χ1) is 9.47. The molecule has 2 fully saturated rings. The number of urea groups is 1. The van der Waals surface area contributed by atoms with E-state index in [-0.39, 0.29) is 31.8 Å². The van der Waals surface area contributed by atoms with Gasteiger partial charge >= 0.3 is 12.0 Å². The Morgan fingerprint density at radius 2 is 2.00 bits per heavy atom. The number of likely N-dealkylation sites (N-methyl/N-ethyl adjacent to an activating group) is 1. The lowest BCUT2D eigenvalue weighted by Gasteiger charge is -2.25. The predicted molar refractivity (Wildman–Crippen MR) is 68.1 cm³/mol. The summed E-state index contributed by atoms with van der Waals surface area (Å²) in [5.41, 5.74) is 0. The second-order valence-corrected chi connectivity index (χ2v) is 5.26. The van der Waals surface area contributed by atoms with E-state index in [1.165, 1.54) is 0 Å². The van der Waals surface area contributed by atoms with Gasteiger partial charge in [-0.2, -0.15) is 0 Å². The number of carbonyl (C=O) groups is 3. The highest BCUT2D eigenvalue weighted by Crippen LogP contribution is 2.19. The molecule has 0 aromatic carbocycles. The van der Waals surface area contributed by atoms with Crippen LogP contribution in [0.3, 0.4) is 0 Å². The average molecular weight is 285 g/mol. The van der Waals surface area contributed by atoms with Gasteiger partial charge in [-0.1, -0.05) is 0 Å². The quantitative estimate of drug-likeness (QED) is 0.598. The van der Waals surface area contributed by atoms with Crippen molar-refractivity contribution in [3.63, 3.8) is 0 Å². The molecule has 2 aliphatic rings. The number of nitrogens with zero attached hydrogens (tertiary/aromatic N) is 1. The van der Waals surface area contributed by atoms with Crippen LogP contribution in [0.1, 0.15) is 12.8 Å². The number of ether oxygens (including phenoxy) is 1. The largest absolute Gasteiger partial charge is 0.481 e.